The zero-order chi connectivity index (χ0) is 25.3. The molecule has 0 aliphatic carbocycles. The van der Waals surface area contributed by atoms with E-state index in [0.29, 0.717) is 5.92 Å². The molecule has 1 atom stereocenters. The van der Waals surface area contributed by atoms with Crippen molar-refractivity contribution in [3.63, 3.8) is 0 Å². The topological polar surface area (TPSA) is 44.4 Å². The maximum atomic E-state index is 6.41. The van der Waals surface area contributed by atoms with Crippen LogP contribution in [0, 0.1) is 5.92 Å². The molecule has 5 heteroatoms. The minimum absolute atomic E-state index is 0.219. The maximum absolute atomic E-state index is 6.41. The van der Waals surface area contributed by atoms with Crippen LogP contribution in [0.2, 0.25) is 0 Å². The van der Waals surface area contributed by atoms with Gasteiger partial charge in [-0.3, -0.25) is 10.00 Å². The van der Waals surface area contributed by atoms with E-state index in [1.807, 2.05) is 0 Å². The molecule has 4 rings (SSSR count). The summed E-state index contributed by atoms with van der Waals surface area (Å²) in [5.41, 5.74) is 4.54. The smallest absolute Gasteiger partial charge is 0.120 e. The van der Waals surface area contributed by atoms with Crippen LogP contribution < -0.4 is 4.74 Å². The van der Waals surface area contributed by atoms with E-state index in [9.17, 15) is 0 Å². The number of piperidine rings is 1. The summed E-state index contributed by atoms with van der Waals surface area (Å²) in [5, 5.41) is 8.82. The third kappa shape index (κ3) is 6.98. The number of rotatable bonds is 12. The third-order valence-electron chi connectivity index (χ3n) is 7.53. The van der Waals surface area contributed by atoms with Gasteiger partial charge in [0.25, 0.3) is 0 Å². The number of aromatic amines is 1. The molecule has 0 spiro atoms. The lowest BCUT2D eigenvalue weighted by atomic mass is 9.92. The van der Waals surface area contributed by atoms with Crippen LogP contribution in [0.15, 0.2) is 42.5 Å². The summed E-state index contributed by atoms with van der Waals surface area (Å²) in [4.78, 5) is 5.07. The molecular weight excluding hydrogens is 444 g/mol. The van der Waals surface area contributed by atoms with Crippen LogP contribution >= 0.6 is 0 Å². The van der Waals surface area contributed by atoms with Crippen LogP contribution in [-0.4, -0.2) is 58.8 Å². The van der Waals surface area contributed by atoms with E-state index in [1.54, 1.807) is 0 Å². The second kappa shape index (κ2) is 13.1. The molecule has 1 aliphatic heterocycles. The molecule has 0 saturated carbocycles. The van der Waals surface area contributed by atoms with Crippen LogP contribution in [0.5, 0.6) is 5.75 Å². The predicted molar refractivity (Wildman–Crippen MR) is 152 cm³/mol. The summed E-state index contributed by atoms with van der Waals surface area (Å²) in [6.07, 6.45) is 9.28. The summed E-state index contributed by atoms with van der Waals surface area (Å²) in [7, 11) is 0. The molecule has 1 aliphatic rings. The van der Waals surface area contributed by atoms with E-state index in [2.05, 4.69) is 102 Å². The van der Waals surface area contributed by atoms with E-state index in [-0.39, 0.29) is 6.10 Å². The molecule has 3 aromatic rings. The molecule has 0 radical (unpaired) electrons. The first-order valence-corrected chi connectivity index (χ1v) is 14.0. The van der Waals surface area contributed by atoms with Crippen molar-refractivity contribution in [2.24, 2.45) is 5.92 Å². The first-order valence-electron chi connectivity index (χ1n) is 14.0. The number of hydrogen-bond acceptors (Lipinski definition) is 4. The summed E-state index contributed by atoms with van der Waals surface area (Å²) in [6, 6.07) is 15.2. The number of nitrogens with zero attached hydrogens (tertiary/aromatic N) is 3. The fraction of sp³-hybridized carbons (Fsp3) is 0.516. The van der Waals surface area contributed by atoms with Crippen LogP contribution in [0.4, 0.5) is 0 Å². The van der Waals surface area contributed by atoms with Crippen LogP contribution in [-0.2, 0) is 6.54 Å². The molecule has 2 heterocycles. The lowest BCUT2D eigenvalue weighted by Crippen LogP contribution is -2.38. The number of hydrogen-bond donors (Lipinski definition) is 1. The van der Waals surface area contributed by atoms with Crippen LogP contribution in [0.25, 0.3) is 23.1 Å². The molecular formula is C31H44N4O. The van der Waals surface area contributed by atoms with Crippen molar-refractivity contribution in [3.05, 3.63) is 59.3 Å². The third-order valence-corrected chi connectivity index (χ3v) is 7.53. The highest BCUT2D eigenvalue weighted by molar-refractivity contribution is 5.90. The Kier molecular flexibility index (Phi) is 9.60. The number of nitrogens with one attached hydrogen (secondary N) is 1. The number of fused-ring (bicyclic) bond motifs is 1. The van der Waals surface area contributed by atoms with Gasteiger partial charge in [-0.05, 0) is 107 Å². The van der Waals surface area contributed by atoms with E-state index in [1.165, 1.54) is 49.9 Å². The second-order valence-corrected chi connectivity index (χ2v) is 10.3. The average molecular weight is 489 g/mol. The molecule has 1 N–H and O–H groups in total. The summed E-state index contributed by atoms with van der Waals surface area (Å²) >= 11 is 0. The fourth-order valence-electron chi connectivity index (χ4n) is 5.33. The zero-order valence-electron chi connectivity index (χ0n) is 22.7. The van der Waals surface area contributed by atoms with Crippen molar-refractivity contribution in [3.8, 4) is 5.75 Å². The quantitative estimate of drug-likeness (QED) is 0.303. The number of benzene rings is 2. The first-order chi connectivity index (χ1) is 17.6. The molecule has 0 amide bonds. The Morgan fingerprint density at radius 3 is 2.42 bits per heavy atom. The van der Waals surface area contributed by atoms with E-state index in [4.69, 9.17) is 4.74 Å². The summed E-state index contributed by atoms with van der Waals surface area (Å²) < 4.78 is 6.41. The highest BCUT2D eigenvalue weighted by Crippen LogP contribution is 2.28. The Morgan fingerprint density at radius 1 is 1.03 bits per heavy atom. The Morgan fingerprint density at radius 2 is 1.75 bits per heavy atom. The highest BCUT2D eigenvalue weighted by atomic mass is 16.5. The van der Waals surface area contributed by atoms with Crippen molar-refractivity contribution in [2.75, 3.05) is 32.7 Å². The van der Waals surface area contributed by atoms with E-state index >= 15 is 0 Å². The Hall–Kier alpha value is -2.63. The lowest BCUT2D eigenvalue weighted by molar-refractivity contribution is 0.0905. The van der Waals surface area contributed by atoms with Crippen molar-refractivity contribution in [2.45, 2.75) is 66.0 Å². The molecule has 1 fully saturated rings. The number of aromatic nitrogens is 2. The molecule has 1 unspecified atom stereocenters. The van der Waals surface area contributed by atoms with Gasteiger partial charge >= 0.3 is 0 Å². The normalized spacial score (nSPS) is 16.4. The van der Waals surface area contributed by atoms with Crippen LogP contribution in [0.1, 0.15) is 70.2 Å². The Labute approximate surface area is 217 Å². The van der Waals surface area contributed by atoms with Gasteiger partial charge in [-0.25, -0.2) is 0 Å². The SMILES string of the molecule is CCCN(CCC)Cc1ccc(/C=C/c2n[nH]c3ccc(OC(C)C4CCN(CC)CC4)cc23)cc1. The van der Waals surface area contributed by atoms with Crippen LogP contribution in [0.3, 0.4) is 0 Å². The first kappa shape index (κ1) is 26.4. The minimum atomic E-state index is 0.219. The second-order valence-electron chi connectivity index (χ2n) is 10.3. The monoisotopic (exact) mass is 488 g/mol. The molecule has 194 valence electrons. The predicted octanol–water partition coefficient (Wildman–Crippen LogP) is 6.85. The van der Waals surface area contributed by atoms with Crippen molar-refractivity contribution in [1.29, 1.82) is 0 Å². The van der Waals surface area contributed by atoms with Gasteiger partial charge in [0.2, 0.25) is 0 Å². The summed E-state index contributed by atoms with van der Waals surface area (Å²) in [6.45, 7) is 15.8. The van der Waals surface area contributed by atoms with Crippen molar-refractivity contribution >= 4 is 23.1 Å². The zero-order valence-corrected chi connectivity index (χ0v) is 22.7. The molecule has 1 aromatic heterocycles. The Balaban J connectivity index is 1.39. The standard InChI is InChI=1S/C31H44N4O/c1-5-18-35(19-6-2)23-26-10-8-25(9-11-26)12-14-30-29-22-28(13-15-31(29)33-32-30)36-24(4)27-16-20-34(7-3)21-17-27/h8-15,22,24,27H,5-7,16-21,23H2,1-4H3,(H,32,33)/b14-12+. The highest BCUT2D eigenvalue weighted by Gasteiger charge is 2.24. The fourth-order valence-corrected chi connectivity index (χ4v) is 5.33. The lowest BCUT2D eigenvalue weighted by Gasteiger charge is -2.34. The molecule has 36 heavy (non-hydrogen) atoms. The summed E-state index contributed by atoms with van der Waals surface area (Å²) in [5.74, 6) is 1.54. The van der Waals surface area contributed by atoms with Gasteiger partial charge in [-0.1, -0.05) is 51.1 Å². The van der Waals surface area contributed by atoms with Gasteiger partial charge < -0.3 is 9.64 Å². The molecule has 5 nitrogen and oxygen atoms in total. The Bertz CT molecular complexity index is 1090. The number of likely N-dealkylation sites (tertiary alicyclic amines) is 1. The molecule has 2 aromatic carbocycles. The molecule has 0 bridgehead atoms. The number of ether oxygens (including phenoxy) is 1. The minimum Gasteiger partial charge on any atom is -0.490 e. The largest absolute Gasteiger partial charge is 0.490 e. The van der Waals surface area contributed by atoms with Crippen molar-refractivity contribution in [1.82, 2.24) is 20.0 Å². The van der Waals surface area contributed by atoms with Gasteiger partial charge in [0.1, 0.15) is 5.75 Å². The van der Waals surface area contributed by atoms with Gasteiger partial charge in [0.15, 0.2) is 0 Å². The van der Waals surface area contributed by atoms with E-state index in [0.717, 1.165) is 48.5 Å². The average Bonchev–Trinajstić information content (AvgIpc) is 3.31. The van der Waals surface area contributed by atoms with Crippen molar-refractivity contribution < 1.29 is 4.74 Å². The molecule has 1 saturated heterocycles. The van der Waals surface area contributed by atoms with Gasteiger partial charge in [0, 0.05) is 11.9 Å². The van der Waals surface area contributed by atoms with E-state index < -0.39 is 0 Å². The van der Waals surface area contributed by atoms with Gasteiger partial charge in [-0.2, -0.15) is 5.10 Å². The number of H-pyrrole nitrogens is 1. The maximum Gasteiger partial charge on any atom is 0.120 e. The van der Waals surface area contributed by atoms with Gasteiger partial charge in [0.05, 0.1) is 17.3 Å². The van der Waals surface area contributed by atoms with Gasteiger partial charge in [-0.15, -0.1) is 0 Å².